The zero-order valence-corrected chi connectivity index (χ0v) is 12.9. The number of sulfonamides is 1. The van der Waals surface area contributed by atoms with Crippen molar-refractivity contribution in [3.05, 3.63) is 42.1 Å². The lowest BCUT2D eigenvalue weighted by atomic mass is 9.86. The summed E-state index contributed by atoms with van der Waals surface area (Å²) in [6.07, 6.45) is 4.14. The molecule has 5 nitrogen and oxygen atoms in total. The number of carbonyl (C=O) groups excluding carboxylic acids is 1. The largest absolute Gasteiger partial charge is 0.314 e. The van der Waals surface area contributed by atoms with Gasteiger partial charge < -0.3 is 4.90 Å². The molecule has 0 spiro atoms. The summed E-state index contributed by atoms with van der Waals surface area (Å²) in [5, 5.41) is 0. The summed E-state index contributed by atoms with van der Waals surface area (Å²) in [6.45, 7) is 2.18. The molecule has 0 aromatic heterocycles. The first-order valence-corrected chi connectivity index (χ1v) is 8.51. The van der Waals surface area contributed by atoms with E-state index in [0.29, 0.717) is 6.54 Å². The van der Waals surface area contributed by atoms with Gasteiger partial charge in [-0.3, -0.25) is 9.10 Å². The van der Waals surface area contributed by atoms with E-state index in [4.69, 9.17) is 0 Å². The van der Waals surface area contributed by atoms with E-state index < -0.39 is 15.4 Å². The van der Waals surface area contributed by atoms with Crippen LogP contribution in [-0.2, 0) is 20.2 Å². The zero-order chi connectivity index (χ0) is 15.3. The molecular weight excluding hydrogens is 288 g/mol. The van der Waals surface area contributed by atoms with Crippen LogP contribution in [0.4, 0.5) is 5.69 Å². The topological polar surface area (TPSA) is 57.7 Å². The van der Waals surface area contributed by atoms with E-state index in [0.717, 1.165) is 17.7 Å². The average Bonchev–Trinajstić information content (AvgIpc) is 3.04. The third-order valence-electron chi connectivity index (χ3n) is 4.25. The molecule has 1 amide bonds. The van der Waals surface area contributed by atoms with E-state index in [9.17, 15) is 13.2 Å². The number of amides is 1. The number of para-hydroxylation sites is 1. The minimum Gasteiger partial charge on any atom is -0.314 e. The summed E-state index contributed by atoms with van der Waals surface area (Å²) < 4.78 is 26.5. The molecule has 0 saturated heterocycles. The van der Waals surface area contributed by atoms with Crippen LogP contribution in [0.25, 0.3) is 0 Å². The SMILES string of the molecule is CN1C(=O)C(C)(CS(=O)(=O)N2C=CCC2)c2ccccc21. The summed E-state index contributed by atoms with van der Waals surface area (Å²) in [7, 11) is -1.81. The molecule has 0 bridgehead atoms. The number of carbonyl (C=O) groups is 1. The van der Waals surface area contributed by atoms with Crippen molar-refractivity contribution in [3.8, 4) is 0 Å². The van der Waals surface area contributed by atoms with Gasteiger partial charge in [0.2, 0.25) is 15.9 Å². The third-order valence-corrected chi connectivity index (χ3v) is 6.21. The maximum Gasteiger partial charge on any atom is 0.238 e. The predicted octanol–water partition coefficient (Wildman–Crippen LogP) is 1.47. The summed E-state index contributed by atoms with van der Waals surface area (Å²) in [6, 6.07) is 7.38. The third kappa shape index (κ3) is 2.05. The normalized spacial score (nSPS) is 24.8. The maximum absolute atomic E-state index is 12.6. The summed E-state index contributed by atoms with van der Waals surface area (Å²) in [5.74, 6) is -0.375. The van der Waals surface area contributed by atoms with Gasteiger partial charge in [-0.05, 0) is 25.0 Å². The van der Waals surface area contributed by atoms with Gasteiger partial charge in [-0.1, -0.05) is 24.3 Å². The Bertz CT molecular complexity index is 726. The van der Waals surface area contributed by atoms with E-state index in [1.807, 2.05) is 30.3 Å². The fourth-order valence-electron chi connectivity index (χ4n) is 3.11. The highest BCUT2D eigenvalue weighted by Gasteiger charge is 2.49. The number of benzene rings is 1. The van der Waals surface area contributed by atoms with Crippen molar-refractivity contribution in [2.24, 2.45) is 0 Å². The van der Waals surface area contributed by atoms with Crippen LogP contribution in [0.5, 0.6) is 0 Å². The average molecular weight is 306 g/mol. The van der Waals surface area contributed by atoms with Gasteiger partial charge in [0, 0.05) is 25.5 Å². The Morgan fingerprint density at radius 1 is 1.29 bits per heavy atom. The van der Waals surface area contributed by atoms with Crippen molar-refractivity contribution < 1.29 is 13.2 Å². The summed E-state index contributed by atoms with van der Waals surface area (Å²) in [4.78, 5) is 14.1. The molecule has 6 heteroatoms. The standard InChI is InChI=1S/C15H18N2O3S/c1-15(11-21(19,20)17-9-5-6-10-17)12-7-3-4-8-13(12)16(2)14(15)18/h3-5,7-9H,6,10-11H2,1-2H3. The van der Waals surface area contributed by atoms with Crippen molar-refractivity contribution in [3.63, 3.8) is 0 Å². The molecule has 0 radical (unpaired) electrons. The molecule has 2 aliphatic rings. The van der Waals surface area contributed by atoms with Gasteiger partial charge in [0.25, 0.3) is 0 Å². The number of rotatable bonds is 3. The maximum atomic E-state index is 12.6. The molecule has 1 unspecified atom stereocenters. The minimum atomic E-state index is -3.50. The quantitative estimate of drug-likeness (QED) is 0.850. The van der Waals surface area contributed by atoms with Gasteiger partial charge in [0.15, 0.2) is 0 Å². The highest BCUT2D eigenvalue weighted by molar-refractivity contribution is 7.89. The van der Waals surface area contributed by atoms with Crippen LogP contribution in [0.15, 0.2) is 36.5 Å². The van der Waals surface area contributed by atoms with Crippen LogP contribution >= 0.6 is 0 Å². The first-order valence-electron chi connectivity index (χ1n) is 6.90. The van der Waals surface area contributed by atoms with Gasteiger partial charge in [0.1, 0.15) is 0 Å². The zero-order valence-electron chi connectivity index (χ0n) is 12.1. The number of fused-ring (bicyclic) bond motifs is 1. The van der Waals surface area contributed by atoms with Crippen molar-refractivity contribution in [1.29, 1.82) is 0 Å². The Kier molecular flexibility index (Phi) is 3.09. The smallest absolute Gasteiger partial charge is 0.238 e. The lowest BCUT2D eigenvalue weighted by Gasteiger charge is -2.26. The van der Waals surface area contributed by atoms with Crippen LogP contribution in [0.3, 0.4) is 0 Å². The molecular formula is C15H18N2O3S. The highest BCUT2D eigenvalue weighted by atomic mass is 32.2. The molecule has 112 valence electrons. The Labute approximate surface area is 124 Å². The number of hydrogen-bond donors (Lipinski definition) is 0. The molecule has 0 aliphatic carbocycles. The van der Waals surface area contributed by atoms with Crippen LogP contribution in [-0.4, -0.2) is 38.0 Å². The second-order valence-electron chi connectivity index (χ2n) is 5.75. The lowest BCUT2D eigenvalue weighted by Crippen LogP contribution is -2.44. The van der Waals surface area contributed by atoms with Gasteiger partial charge >= 0.3 is 0 Å². The van der Waals surface area contributed by atoms with Gasteiger partial charge in [-0.2, -0.15) is 0 Å². The first-order chi connectivity index (χ1) is 9.86. The molecule has 2 heterocycles. The van der Waals surface area contributed by atoms with Crippen LogP contribution in [0, 0.1) is 0 Å². The van der Waals surface area contributed by atoms with E-state index >= 15 is 0 Å². The van der Waals surface area contributed by atoms with E-state index in [1.165, 1.54) is 4.31 Å². The molecule has 0 saturated carbocycles. The summed E-state index contributed by atoms with van der Waals surface area (Å²) >= 11 is 0. The van der Waals surface area contributed by atoms with Crippen LogP contribution in [0.2, 0.25) is 0 Å². The molecule has 1 aromatic carbocycles. The number of likely N-dealkylation sites (N-methyl/N-ethyl adjacent to an activating group) is 1. The molecule has 0 fully saturated rings. The monoisotopic (exact) mass is 306 g/mol. The molecule has 3 rings (SSSR count). The van der Waals surface area contributed by atoms with Crippen molar-refractivity contribution in [1.82, 2.24) is 4.31 Å². The van der Waals surface area contributed by atoms with E-state index in [2.05, 4.69) is 0 Å². The van der Waals surface area contributed by atoms with Crippen molar-refractivity contribution in [2.75, 3.05) is 24.2 Å². The van der Waals surface area contributed by atoms with Gasteiger partial charge in [-0.15, -0.1) is 0 Å². The second-order valence-corrected chi connectivity index (χ2v) is 7.68. The highest BCUT2D eigenvalue weighted by Crippen LogP contribution is 2.42. The Balaban J connectivity index is 2.01. The van der Waals surface area contributed by atoms with Crippen molar-refractivity contribution >= 4 is 21.6 Å². The van der Waals surface area contributed by atoms with Crippen LogP contribution in [0.1, 0.15) is 18.9 Å². The first kappa shape index (κ1) is 14.1. The van der Waals surface area contributed by atoms with Gasteiger partial charge in [-0.25, -0.2) is 8.42 Å². The number of hydrogen-bond acceptors (Lipinski definition) is 3. The summed E-state index contributed by atoms with van der Waals surface area (Å²) in [5.41, 5.74) is 0.544. The predicted molar refractivity (Wildman–Crippen MR) is 81.5 cm³/mol. The number of anilines is 1. The van der Waals surface area contributed by atoms with E-state index in [-0.39, 0.29) is 11.7 Å². The molecule has 1 aromatic rings. The Morgan fingerprint density at radius 2 is 2.00 bits per heavy atom. The Morgan fingerprint density at radius 3 is 2.67 bits per heavy atom. The van der Waals surface area contributed by atoms with Crippen LogP contribution < -0.4 is 4.90 Å². The minimum absolute atomic E-state index is 0.171. The fourth-order valence-corrected chi connectivity index (χ4v) is 4.94. The Hall–Kier alpha value is -1.82. The number of nitrogens with zero attached hydrogens (tertiary/aromatic N) is 2. The van der Waals surface area contributed by atoms with E-state index in [1.54, 1.807) is 25.1 Å². The molecule has 21 heavy (non-hydrogen) atoms. The lowest BCUT2D eigenvalue weighted by molar-refractivity contribution is -0.121. The molecule has 0 N–H and O–H groups in total. The van der Waals surface area contributed by atoms with Crippen molar-refractivity contribution in [2.45, 2.75) is 18.8 Å². The molecule has 1 atom stereocenters. The van der Waals surface area contributed by atoms with Gasteiger partial charge in [0.05, 0.1) is 11.2 Å². The fraction of sp³-hybridized carbons (Fsp3) is 0.400. The second kappa shape index (κ2) is 4.59. The molecule has 2 aliphatic heterocycles.